The molecular formula is C20H30IN5S. The molecule has 5 nitrogen and oxygen atoms in total. The average molecular weight is 499 g/mol. The first-order valence-electron chi connectivity index (χ1n) is 9.56. The predicted octanol–water partition coefficient (Wildman–Crippen LogP) is 3.97. The Morgan fingerprint density at radius 1 is 1.26 bits per heavy atom. The van der Waals surface area contributed by atoms with Crippen molar-refractivity contribution in [3.05, 3.63) is 40.7 Å². The van der Waals surface area contributed by atoms with E-state index in [0.29, 0.717) is 12.6 Å². The fourth-order valence-corrected chi connectivity index (χ4v) is 4.10. The highest BCUT2D eigenvalue weighted by atomic mass is 127. The van der Waals surface area contributed by atoms with Crippen LogP contribution >= 0.6 is 35.3 Å². The van der Waals surface area contributed by atoms with Crippen molar-refractivity contribution >= 4 is 41.3 Å². The summed E-state index contributed by atoms with van der Waals surface area (Å²) in [7, 11) is 0. The number of nitrogens with zero attached hydrogens (tertiary/aromatic N) is 3. The van der Waals surface area contributed by atoms with E-state index in [1.165, 1.54) is 19.4 Å². The largest absolute Gasteiger partial charge is 0.357 e. The molecule has 0 amide bonds. The number of aliphatic imine (C=N–C) groups is 1. The first kappa shape index (κ1) is 22.1. The van der Waals surface area contributed by atoms with Crippen molar-refractivity contribution in [1.82, 2.24) is 20.5 Å². The minimum Gasteiger partial charge on any atom is -0.357 e. The standard InChI is InChI=1S/C20H29N5S.HI/c1-3-21-20(22-13-17-11-8-12-25(17)4-2)23-14-19-24-18(15-26-19)16-9-6-5-7-10-16;/h5-7,9-10,15,17H,3-4,8,11-14H2,1-2H3,(H2,21,22,23);1H. The highest BCUT2D eigenvalue weighted by molar-refractivity contribution is 14.0. The number of benzene rings is 1. The van der Waals surface area contributed by atoms with Crippen LogP contribution in [0.15, 0.2) is 40.7 Å². The first-order valence-corrected chi connectivity index (χ1v) is 10.4. The molecule has 0 spiro atoms. The molecule has 2 N–H and O–H groups in total. The molecule has 1 atom stereocenters. The smallest absolute Gasteiger partial charge is 0.191 e. The second kappa shape index (κ2) is 11.6. The van der Waals surface area contributed by atoms with Crippen molar-refractivity contribution in [2.75, 3.05) is 26.2 Å². The Labute approximate surface area is 183 Å². The number of guanidine groups is 1. The van der Waals surface area contributed by atoms with Gasteiger partial charge in [-0.1, -0.05) is 37.3 Å². The number of hydrogen-bond acceptors (Lipinski definition) is 4. The van der Waals surface area contributed by atoms with Crippen molar-refractivity contribution in [2.24, 2.45) is 4.99 Å². The third-order valence-electron chi connectivity index (χ3n) is 4.75. The molecule has 1 fully saturated rings. The Morgan fingerprint density at radius 3 is 2.81 bits per heavy atom. The summed E-state index contributed by atoms with van der Waals surface area (Å²) in [6, 6.07) is 10.9. The molecule has 1 saturated heterocycles. The van der Waals surface area contributed by atoms with Gasteiger partial charge in [0.25, 0.3) is 0 Å². The average Bonchev–Trinajstić information content (AvgIpc) is 3.34. The van der Waals surface area contributed by atoms with E-state index in [9.17, 15) is 0 Å². The fourth-order valence-electron chi connectivity index (χ4n) is 3.37. The highest BCUT2D eigenvalue weighted by Crippen LogP contribution is 2.22. The minimum atomic E-state index is 0. The van der Waals surface area contributed by atoms with Crippen molar-refractivity contribution in [1.29, 1.82) is 0 Å². The predicted molar refractivity (Wildman–Crippen MR) is 126 cm³/mol. The van der Waals surface area contributed by atoms with E-state index in [0.717, 1.165) is 41.9 Å². The third kappa shape index (κ3) is 6.43. The van der Waals surface area contributed by atoms with Gasteiger partial charge in [0.05, 0.1) is 12.2 Å². The van der Waals surface area contributed by atoms with Gasteiger partial charge in [0, 0.05) is 30.1 Å². The molecule has 1 aliphatic heterocycles. The quantitative estimate of drug-likeness (QED) is 0.344. The summed E-state index contributed by atoms with van der Waals surface area (Å²) in [5.74, 6) is 0.881. The summed E-state index contributed by atoms with van der Waals surface area (Å²) < 4.78 is 0. The maximum Gasteiger partial charge on any atom is 0.191 e. The summed E-state index contributed by atoms with van der Waals surface area (Å²) in [5, 5.41) is 10.0. The van der Waals surface area contributed by atoms with Crippen LogP contribution in [0.1, 0.15) is 31.7 Å². The van der Waals surface area contributed by atoms with Crippen LogP contribution in [-0.4, -0.2) is 48.1 Å². The van der Waals surface area contributed by atoms with Gasteiger partial charge in [0.1, 0.15) is 5.01 Å². The molecule has 1 aromatic carbocycles. The zero-order chi connectivity index (χ0) is 18.2. The van der Waals surface area contributed by atoms with Gasteiger partial charge in [-0.2, -0.15) is 0 Å². The number of aromatic nitrogens is 1. The van der Waals surface area contributed by atoms with Gasteiger partial charge in [-0.15, -0.1) is 35.3 Å². The molecule has 1 aliphatic rings. The fraction of sp³-hybridized carbons (Fsp3) is 0.500. The monoisotopic (exact) mass is 499 g/mol. The molecule has 2 aromatic rings. The highest BCUT2D eigenvalue weighted by Gasteiger charge is 2.22. The summed E-state index contributed by atoms with van der Waals surface area (Å²) in [5.41, 5.74) is 2.19. The zero-order valence-electron chi connectivity index (χ0n) is 16.1. The maximum atomic E-state index is 4.73. The Balaban J connectivity index is 0.00000261. The van der Waals surface area contributed by atoms with Crippen molar-refractivity contribution in [3.8, 4) is 11.3 Å². The van der Waals surface area contributed by atoms with Gasteiger partial charge < -0.3 is 10.6 Å². The van der Waals surface area contributed by atoms with Gasteiger partial charge in [-0.05, 0) is 32.9 Å². The molecule has 0 aliphatic carbocycles. The number of hydrogen-bond donors (Lipinski definition) is 2. The van der Waals surface area contributed by atoms with Crippen LogP contribution in [0.5, 0.6) is 0 Å². The summed E-state index contributed by atoms with van der Waals surface area (Å²) in [6.07, 6.45) is 2.57. The van der Waals surface area contributed by atoms with Crippen molar-refractivity contribution < 1.29 is 0 Å². The lowest BCUT2D eigenvalue weighted by molar-refractivity contribution is 0.267. The second-order valence-electron chi connectivity index (χ2n) is 6.49. The van der Waals surface area contributed by atoms with Crippen LogP contribution in [0.2, 0.25) is 0 Å². The normalized spacial score (nSPS) is 17.6. The van der Waals surface area contributed by atoms with E-state index in [1.54, 1.807) is 11.3 Å². The molecule has 0 saturated carbocycles. The van der Waals surface area contributed by atoms with Gasteiger partial charge in [0.15, 0.2) is 5.96 Å². The molecule has 7 heteroatoms. The van der Waals surface area contributed by atoms with E-state index in [4.69, 9.17) is 9.98 Å². The van der Waals surface area contributed by atoms with Crippen LogP contribution in [0, 0.1) is 0 Å². The summed E-state index contributed by atoms with van der Waals surface area (Å²) >= 11 is 1.67. The molecular weight excluding hydrogens is 469 g/mol. The van der Waals surface area contributed by atoms with E-state index in [-0.39, 0.29) is 24.0 Å². The first-order chi connectivity index (χ1) is 12.8. The van der Waals surface area contributed by atoms with Gasteiger partial charge >= 0.3 is 0 Å². The van der Waals surface area contributed by atoms with Gasteiger partial charge in [-0.3, -0.25) is 4.90 Å². The number of likely N-dealkylation sites (N-methyl/N-ethyl adjacent to an activating group) is 1. The van der Waals surface area contributed by atoms with Crippen LogP contribution in [0.25, 0.3) is 11.3 Å². The SMILES string of the molecule is CCNC(=NCc1nc(-c2ccccc2)cs1)NCC1CCCN1CC.I. The molecule has 3 rings (SSSR count). The zero-order valence-corrected chi connectivity index (χ0v) is 19.3. The maximum absolute atomic E-state index is 4.73. The van der Waals surface area contributed by atoms with Crippen LogP contribution in [0.3, 0.4) is 0 Å². The molecule has 1 unspecified atom stereocenters. The summed E-state index contributed by atoms with van der Waals surface area (Å²) in [6.45, 7) is 9.11. The Morgan fingerprint density at radius 2 is 2.07 bits per heavy atom. The number of rotatable bonds is 7. The second-order valence-corrected chi connectivity index (χ2v) is 7.44. The number of nitrogens with one attached hydrogen (secondary N) is 2. The topological polar surface area (TPSA) is 52.6 Å². The van der Waals surface area contributed by atoms with Crippen molar-refractivity contribution in [3.63, 3.8) is 0 Å². The third-order valence-corrected chi connectivity index (χ3v) is 5.58. The van der Waals surface area contributed by atoms with Gasteiger partial charge in [-0.25, -0.2) is 9.98 Å². The molecule has 0 bridgehead atoms. The molecule has 1 aromatic heterocycles. The molecule has 2 heterocycles. The van der Waals surface area contributed by atoms with E-state index < -0.39 is 0 Å². The lowest BCUT2D eigenvalue weighted by atomic mass is 10.2. The lowest BCUT2D eigenvalue weighted by Gasteiger charge is -2.23. The van der Waals surface area contributed by atoms with Crippen LogP contribution in [0.4, 0.5) is 0 Å². The lowest BCUT2D eigenvalue weighted by Crippen LogP contribution is -2.44. The van der Waals surface area contributed by atoms with Crippen LogP contribution in [-0.2, 0) is 6.54 Å². The number of halogens is 1. The Kier molecular flexibility index (Phi) is 9.50. The van der Waals surface area contributed by atoms with E-state index >= 15 is 0 Å². The number of likely N-dealkylation sites (tertiary alicyclic amines) is 1. The van der Waals surface area contributed by atoms with E-state index in [1.807, 2.05) is 18.2 Å². The van der Waals surface area contributed by atoms with Crippen LogP contribution < -0.4 is 10.6 Å². The molecule has 148 valence electrons. The number of thiazole rings is 1. The van der Waals surface area contributed by atoms with E-state index in [2.05, 4.69) is 46.9 Å². The Hall–Kier alpha value is -1.19. The minimum absolute atomic E-state index is 0. The Bertz CT molecular complexity index is 703. The van der Waals surface area contributed by atoms with Crippen molar-refractivity contribution in [2.45, 2.75) is 39.3 Å². The molecule has 27 heavy (non-hydrogen) atoms. The summed E-state index contributed by atoms with van der Waals surface area (Å²) in [4.78, 5) is 12.0. The molecule has 0 radical (unpaired) electrons. The van der Waals surface area contributed by atoms with Gasteiger partial charge in [0.2, 0.25) is 0 Å².